The zero-order valence-corrected chi connectivity index (χ0v) is 13.8. The van der Waals surface area contributed by atoms with Gasteiger partial charge in [-0.1, -0.05) is 20.8 Å². The number of nitrogens with zero attached hydrogens (tertiary/aromatic N) is 1. The summed E-state index contributed by atoms with van der Waals surface area (Å²) >= 11 is 0. The lowest BCUT2D eigenvalue weighted by Gasteiger charge is -2.35. The summed E-state index contributed by atoms with van der Waals surface area (Å²) in [6, 6.07) is 0.316. The number of likely N-dealkylation sites (tertiary alicyclic amines) is 1. The van der Waals surface area contributed by atoms with E-state index in [2.05, 4.69) is 10.6 Å². The Balaban J connectivity index is 1.70. The van der Waals surface area contributed by atoms with Crippen LogP contribution in [-0.4, -0.2) is 48.3 Å². The van der Waals surface area contributed by atoms with Gasteiger partial charge in [-0.25, -0.2) is 0 Å². The van der Waals surface area contributed by atoms with E-state index in [0.717, 1.165) is 12.8 Å². The van der Waals surface area contributed by atoms with Crippen molar-refractivity contribution in [1.29, 1.82) is 0 Å². The van der Waals surface area contributed by atoms with E-state index < -0.39 is 0 Å². The van der Waals surface area contributed by atoms with E-state index in [1.54, 1.807) is 0 Å². The highest BCUT2D eigenvalue weighted by Gasteiger charge is 2.32. The quantitative estimate of drug-likeness (QED) is 0.801. The predicted molar refractivity (Wildman–Crippen MR) is 82.9 cm³/mol. The monoisotopic (exact) mass is 309 g/mol. The van der Waals surface area contributed by atoms with E-state index in [1.165, 1.54) is 0 Å². The molecule has 0 spiro atoms. The first-order valence-corrected chi connectivity index (χ1v) is 8.14. The van der Waals surface area contributed by atoms with Crippen LogP contribution in [0.3, 0.4) is 0 Å². The third-order valence-corrected chi connectivity index (χ3v) is 4.16. The van der Waals surface area contributed by atoms with Crippen LogP contribution in [0, 0.1) is 11.3 Å². The Morgan fingerprint density at radius 3 is 2.14 bits per heavy atom. The standard InChI is InChI=1S/C16H27N3O3/c1-16(2,3)15(22)19-8-6-11(7-9-19)14(21)17-10-13(20)18-12-4-5-12/h11-12H,4-10H2,1-3H3,(H,17,21)(H,18,20). The van der Waals surface area contributed by atoms with Crippen molar-refractivity contribution in [2.45, 2.75) is 52.5 Å². The number of nitrogens with one attached hydrogen (secondary N) is 2. The van der Waals surface area contributed by atoms with Gasteiger partial charge in [0.25, 0.3) is 0 Å². The number of rotatable bonds is 4. The number of amides is 3. The average molecular weight is 309 g/mol. The fraction of sp³-hybridized carbons (Fsp3) is 0.812. The van der Waals surface area contributed by atoms with Crippen LogP contribution >= 0.6 is 0 Å². The summed E-state index contributed by atoms with van der Waals surface area (Å²) in [6.45, 7) is 7.01. The molecule has 2 aliphatic rings. The molecular formula is C16H27N3O3. The largest absolute Gasteiger partial charge is 0.352 e. The van der Waals surface area contributed by atoms with Gasteiger partial charge in [-0.3, -0.25) is 14.4 Å². The predicted octanol–water partition coefficient (Wildman–Crippen LogP) is 0.666. The summed E-state index contributed by atoms with van der Waals surface area (Å²) in [5.41, 5.74) is -0.379. The van der Waals surface area contributed by atoms with Crippen LogP contribution in [-0.2, 0) is 14.4 Å². The topological polar surface area (TPSA) is 78.5 Å². The van der Waals surface area contributed by atoms with Crippen molar-refractivity contribution < 1.29 is 14.4 Å². The van der Waals surface area contributed by atoms with Gasteiger partial charge in [0.05, 0.1) is 6.54 Å². The molecular weight excluding hydrogens is 282 g/mol. The van der Waals surface area contributed by atoms with Gasteiger partial charge in [0, 0.05) is 30.5 Å². The van der Waals surface area contributed by atoms with Gasteiger partial charge in [0.2, 0.25) is 17.7 Å². The third-order valence-electron chi connectivity index (χ3n) is 4.16. The number of carbonyl (C=O) groups is 3. The molecule has 0 aromatic heterocycles. The van der Waals surface area contributed by atoms with Gasteiger partial charge < -0.3 is 15.5 Å². The highest BCUT2D eigenvalue weighted by molar-refractivity contribution is 5.86. The smallest absolute Gasteiger partial charge is 0.239 e. The lowest BCUT2D eigenvalue weighted by Crippen LogP contribution is -2.47. The minimum Gasteiger partial charge on any atom is -0.352 e. The number of carbonyl (C=O) groups excluding carboxylic acids is 3. The van der Waals surface area contributed by atoms with Gasteiger partial charge in [-0.2, -0.15) is 0 Å². The second-order valence-corrected chi connectivity index (χ2v) is 7.38. The van der Waals surface area contributed by atoms with Crippen molar-refractivity contribution in [2.24, 2.45) is 11.3 Å². The van der Waals surface area contributed by atoms with Gasteiger partial charge in [-0.05, 0) is 25.7 Å². The molecule has 2 N–H and O–H groups in total. The highest BCUT2D eigenvalue weighted by Crippen LogP contribution is 2.23. The number of hydrogen-bond acceptors (Lipinski definition) is 3. The van der Waals surface area contributed by atoms with Crippen molar-refractivity contribution in [3.63, 3.8) is 0 Å². The first-order chi connectivity index (χ1) is 10.3. The van der Waals surface area contributed by atoms with Crippen molar-refractivity contribution in [2.75, 3.05) is 19.6 Å². The molecule has 2 fully saturated rings. The Kier molecular flexibility index (Phi) is 5.08. The number of hydrogen-bond donors (Lipinski definition) is 2. The molecule has 0 atom stereocenters. The van der Waals surface area contributed by atoms with Gasteiger partial charge >= 0.3 is 0 Å². The highest BCUT2D eigenvalue weighted by atomic mass is 16.2. The minimum atomic E-state index is -0.379. The molecule has 1 saturated heterocycles. The molecule has 3 amide bonds. The molecule has 1 aliphatic heterocycles. The van der Waals surface area contributed by atoms with E-state index in [4.69, 9.17) is 0 Å². The maximum Gasteiger partial charge on any atom is 0.239 e. The molecule has 0 aromatic rings. The molecule has 0 bridgehead atoms. The second-order valence-electron chi connectivity index (χ2n) is 7.38. The van der Waals surface area contributed by atoms with Gasteiger partial charge in [-0.15, -0.1) is 0 Å². The Morgan fingerprint density at radius 1 is 1.05 bits per heavy atom. The first-order valence-electron chi connectivity index (χ1n) is 8.14. The van der Waals surface area contributed by atoms with Crippen LogP contribution in [0.4, 0.5) is 0 Å². The van der Waals surface area contributed by atoms with E-state index in [-0.39, 0.29) is 35.6 Å². The van der Waals surface area contributed by atoms with Crippen LogP contribution in [0.2, 0.25) is 0 Å². The SMILES string of the molecule is CC(C)(C)C(=O)N1CCC(C(=O)NCC(=O)NC2CC2)CC1. The van der Waals surface area contributed by atoms with Crippen LogP contribution < -0.4 is 10.6 Å². The molecule has 2 rings (SSSR count). The zero-order valence-electron chi connectivity index (χ0n) is 13.8. The van der Waals surface area contributed by atoms with Crippen LogP contribution in [0.5, 0.6) is 0 Å². The van der Waals surface area contributed by atoms with Crippen molar-refractivity contribution in [1.82, 2.24) is 15.5 Å². The number of piperidine rings is 1. The molecule has 6 heteroatoms. The molecule has 0 aromatic carbocycles. The zero-order chi connectivity index (χ0) is 16.3. The third kappa shape index (κ3) is 4.71. The maximum atomic E-state index is 12.2. The first kappa shape index (κ1) is 16.8. The van der Waals surface area contributed by atoms with E-state index in [0.29, 0.717) is 32.0 Å². The van der Waals surface area contributed by atoms with Crippen molar-refractivity contribution >= 4 is 17.7 Å². The lowest BCUT2D eigenvalue weighted by atomic mass is 9.90. The summed E-state index contributed by atoms with van der Waals surface area (Å²) in [6.07, 6.45) is 3.41. The fourth-order valence-electron chi connectivity index (χ4n) is 2.64. The Hall–Kier alpha value is -1.59. The normalized spacial score (nSPS) is 19.7. The van der Waals surface area contributed by atoms with Crippen molar-refractivity contribution in [3.05, 3.63) is 0 Å². The summed E-state index contributed by atoms with van der Waals surface area (Å²) in [7, 11) is 0. The van der Waals surface area contributed by atoms with Crippen LogP contribution in [0.25, 0.3) is 0 Å². The fourth-order valence-corrected chi connectivity index (χ4v) is 2.64. The molecule has 6 nitrogen and oxygen atoms in total. The summed E-state index contributed by atoms with van der Waals surface area (Å²) in [5.74, 6) is -0.155. The second kappa shape index (κ2) is 6.67. The minimum absolute atomic E-state index is 0.0521. The maximum absolute atomic E-state index is 12.2. The summed E-state index contributed by atoms with van der Waals surface area (Å²) in [5, 5.41) is 5.55. The lowest BCUT2D eigenvalue weighted by molar-refractivity contribution is -0.142. The van der Waals surface area contributed by atoms with E-state index in [1.807, 2.05) is 25.7 Å². The van der Waals surface area contributed by atoms with Gasteiger partial charge in [0.1, 0.15) is 0 Å². The van der Waals surface area contributed by atoms with Crippen LogP contribution in [0.15, 0.2) is 0 Å². The summed E-state index contributed by atoms with van der Waals surface area (Å²) < 4.78 is 0. The van der Waals surface area contributed by atoms with E-state index >= 15 is 0 Å². The molecule has 0 radical (unpaired) electrons. The molecule has 1 aliphatic carbocycles. The van der Waals surface area contributed by atoms with Gasteiger partial charge in [0.15, 0.2) is 0 Å². The molecule has 0 unspecified atom stereocenters. The molecule has 124 valence electrons. The van der Waals surface area contributed by atoms with Crippen LogP contribution in [0.1, 0.15) is 46.5 Å². The Bertz CT molecular complexity index is 444. The molecule has 1 heterocycles. The van der Waals surface area contributed by atoms with Crippen molar-refractivity contribution in [3.8, 4) is 0 Å². The summed E-state index contributed by atoms with van der Waals surface area (Å²) in [4.78, 5) is 37.7. The van der Waals surface area contributed by atoms with E-state index in [9.17, 15) is 14.4 Å². The Morgan fingerprint density at radius 2 is 1.64 bits per heavy atom. The Labute approximate surface area is 132 Å². The molecule has 1 saturated carbocycles. The molecule has 22 heavy (non-hydrogen) atoms. The average Bonchev–Trinajstić information content (AvgIpc) is 3.27.